The van der Waals surface area contributed by atoms with Crippen LogP contribution in [0.3, 0.4) is 0 Å². The van der Waals surface area contributed by atoms with E-state index in [9.17, 15) is 9.59 Å². The van der Waals surface area contributed by atoms with Crippen molar-refractivity contribution in [2.24, 2.45) is 5.92 Å². The minimum Gasteiger partial charge on any atom is -0.354 e. The van der Waals surface area contributed by atoms with E-state index in [1.54, 1.807) is 23.1 Å². The molecule has 0 saturated heterocycles. The molecule has 1 N–H and O–H groups in total. The molecule has 0 heterocycles. The molecule has 3 aromatic rings. The summed E-state index contributed by atoms with van der Waals surface area (Å²) in [6.45, 7) is 4.88. The van der Waals surface area contributed by atoms with E-state index < -0.39 is 6.04 Å². The number of rotatable bonds is 10. The van der Waals surface area contributed by atoms with Crippen LogP contribution in [0.25, 0.3) is 0 Å². The van der Waals surface area contributed by atoms with E-state index in [2.05, 4.69) is 21.2 Å². The second-order valence-electron chi connectivity index (χ2n) is 8.87. The Balaban J connectivity index is 1.98. The van der Waals surface area contributed by atoms with E-state index in [0.717, 1.165) is 15.6 Å². The van der Waals surface area contributed by atoms with Gasteiger partial charge < -0.3 is 10.2 Å². The van der Waals surface area contributed by atoms with Crippen molar-refractivity contribution in [2.45, 2.75) is 39.3 Å². The third-order valence-electron chi connectivity index (χ3n) is 5.61. The van der Waals surface area contributed by atoms with Gasteiger partial charge in [0.2, 0.25) is 11.8 Å². The molecule has 0 radical (unpaired) electrons. The van der Waals surface area contributed by atoms with Gasteiger partial charge in [0.25, 0.3) is 0 Å². The van der Waals surface area contributed by atoms with Crippen LogP contribution < -0.4 is 5.32 Å². The van der Waals surface area contributed by atoms with Crippen LogP contribution in [0.15, 0.2) is 77.3 Å². The lowest BCUT2D eigenvalue weighted by Crippen LogP contribution is -2.51. The summed E-state index contributed by atoms with van der Waals surface area (Å²) >= 11 is 16.2. The number of hydrogen-bond donors (Lipinski definition) is 1. The predicted octanol–water partition coefficient (Wildman–Crippen LogP) is 6.71. The Hall–Kier alpha value is -2.34. The summed E-state index contributed by atoms with van der Waals surface area (Å²) < 4.78 is 0.942. The maximum absolute atomic E-state index is 13.8. The Morgan fingerprint density at radius 2 is 1.51 bits per heavy atom. The fourth-order valence-electron chi connectivity index (χ4n) is 3.72. The van der Waals surface area contributed by atoms with Crippen LogP contribution in [0.2, 0.25) is 10.0 Å². The molecule has 35 heavy (non-hydrogen) atoms. The van der Waals surface area contributed by atoms with Crippen LogP contribution in [0.5, 0.6) is 0 Å². The normalized spacial score (nSPS) is 11.8. The smallest absolute Gasteiger partial charge is 0.243 e. The average molecular weight is 576 g/mol. The zero-order valence-corrected chi connectivity index (χ0v) is 22.9. The lowest BCUT2D eigenvalue weighted by atomic mass is 10.0. The second kappa shape index (κ2) is 13.1. The van der Waals surface area contributed by atoms with Gasteiger partial charge in [-0.3, -0.25) is 9.59 Å². The van der Waals surface area contributed by atoms with Crippen molar-refractivity contribution >= 4 is 50.9 Å². The van der Waals surface area contributed by atoms with Gasteiger partial charge >= 0.3 is 0 Å². The second-order valence-corrected chi connectivity index (χ2v) is 10.6. The van der Waals surface area contributed by atoms with Crippen LogP contribution in [-0.2, 0) is 29.0 Å². The fraction of sp³-hybridized carbons (Fsp3) is 0.286. The van der Waals surface area contributed by atoms with Crippen molar-refractivity contribution < 1.29 is 9.59 Å². The van der Waals surface area contributed by atoms with Gasteiger partial charge in [0.05, 0.1) is 6.42 Å². The summed E-state index contributed by atoms with van der Waals surface area (Å²) in [5.41, 5.74) is 2.45. The first-order chi connectivity index (χ1) is 16.7. The Morgan fingerprint density at radius 1 is 0.886 bits per heavy atom. The number of nitrogens with one attached hydrogen (secondary N) is 1. The highest BCUT2D eigenvalue weighted by Crippen LogP contribution is 2.26. The van der Waals surface area contributed by atoms with E-state index in [1.807, 2.05) is 68.4 Å². The molecular weight excluding hydrogens is 547 g/mol. The van der Waals surface area contributed by atoms with Crippen molar-refractivity contribution in [2.75, 3.05) is 6.54 Å². The van der Waals surface area contributed by atoms with Crippen LogP contribution in [0.4, 0.5) is 0 Å². The first-order valence-electron chi connectivity index (χ1n) is 11.5. The molecule has 0 bridgehead atoms. The van der Waals surface area contributed by atoms with Gasteiger partial charge in [-0.2, -0.15) is 0 Å². The minimum atomic E-state index is -0.700. The topological polar surface area (TPSA) is 49.4 Å². The number of hydrogen-bond acceptors (Lipinski definition) is 2. The molecule has 7 heteroatoms. The van der Waals surface area contributed by atoms with Gasteiger partial charge in [-0.15, -0.1) is 0 Å². The zero-order valence-electron chi connectivity index (χ0n) is 19.8. The monoisotopic (exact) mass is 574 g/mol. The molecule has 0 spiro atoms. The van der Waals surface area contributed by atoms with Gasteiger partial charge in [-0.25, -0.2) is 0 Å². The Morgan fingerprint density at radius 3 is 2.11 bits per heavy atom. The molecule has 0 aliphatic carbocycles. The summed E-state index contributed by atoms with van der Waals surface area (Å²) in [6, 6.07) is 21.9. The summed E-state index contributed by atoms with van der Waals surface area (Å²) in [6.07, 6.45) is 0.390. The highest BCUT2D eigenvalue weighted by molar-refractivity contribution is 9.10. The van der Waals surface area contributed by atoms with Crippen molar-refractivity contribution in [3.05, 3.63) is 104 Å². The number of carbonyl (C=O) groups is 2. The number of carbonyl (C=O) groups excluding carboxylic acids is 2. The number of benzene rings is 3. The van der Waals surface area contributed by atoms with Crippen LogP contribution >= 0.6 is 39.1 Å². The van der Waals surface area contributed by atoms with Crippen molar-refractivity contribution in [1.82, 2.24) is 10.2 Å². The molecule has 184 valence electrons. The number of nitrogens with zero attached hydrogens (tertiary/aromatic N) is 1. The van der Waals surface area contributed by atoms with E-state index in [4.69, 9.17) is 23.2 Å². The maximum Gasteiger partial charge on any atom is 0.243 e. The first kappa shape index (κ1) is 27.3. The van der Waals surface area contributed by atoms with Gasteiger partial charge in [0.1, 0.15) is 6.04 Å². The standard InChI is InChI=1S/C28H29BrCl2N2O2/c1-19(2)17-32-28(35)26(15-20-7-4-3-5-8-20)33(18-21-11-13-22(29)14-12-21)27(34)16-23-24(30)9-6-10-25(23)31/h3-14,19,26H,15-18H2,1-2H3,(H,32,35)/t26-/m0/s1. The zero-order chi connectivity index (χ0) is 25.4. The van der Waals surface area contributed by atoms with Crippen LogP contribution in [-0.4, -0.2) is 29.3 Å². The molecule has 0 aliphatic rings. The summed E-state index contributed by atoms with van der Waals surface area (Å²) in [5, 5.41) is 3.88. The molecule has 1 atom stereocenters. The third kappa shape index (κ3) is 8.09. The molecule has 0 unspecified atom stereocenters. The molecule has 3 rings (SSSR count). The van der Waals surface area contributed by atoms with E-state index in [1.165, 1.54) is 0 Å². The lowest BCUT2D eigenvalue weighted by molar-refractivity contribution is -0.140. The van der Waals surface area contributed by atoms with Gasteiger partial charge in [-0.1, -0.05) is 102 Å². The quantitative estimate of drug-likeness (QED) is 0.292. The molecule has 0 saturated carbocycles. The molecule has 2 amide bonds. The number of halogens is 3. The summed E-state index contributed by atoms with van der Waals surface area (Å²) in [4.78, 5) is 28.9. The predicted molar refractivity (Wildman–Crippen MR) is 147 cm³/mol. The molecule has 4 nitrogen and oxygen atoms in total. The minimum absolute atomic E-state index is 0.00220. The average Bonchev–Trinajstić information content (AvgIpc) is 2.84. The van der Waals surface area contributed by atoms with Crippen molar-refractivity contribution in [1.29, 1.82) is 0 Å². The van der Waals surface area contributed by atoms with E-state index >= 15 is 0 Å². The molecule has 0 aliphatic heterocycles. The summed E-state index contributed by atoms with van der Waals surface area (Å²) in [5.74, 6) is -0.115. The Labute approximate surface area is 225 Å². The van der Waals surface area contributed by atoms with Crippen molar-refractivity contribution in [3.63, 3.8) is 0 Å². The molecule has 3 aromatic carbocycles. The first-order valence-corrected chi connectivity index (χ1v) is 13.1. The van der Waals surface area contributed by atoms with E-state index in [-0.39, 0.29) is 30.7 Å². The number of amides is 2. The van der Waals surface area contributed by atoms with Gasteiger partial charge in [0, 0.05) is 34.0 Å². The fourth-order valence-corrected chi connectivity index (χ4v) is 4.51. The molecule has 0 fully saturated rings. The largest absolute Gasteiger partial charge is 0.354 e. The lowest BCUT2D eigenvalue weighted by Gasteiger charge is -2.32. The Bertz CT molecular complexity index is 1120. The van der Waals surface area contributed by atoms with Crippen LogP contribution in [0, 0.1) is 5.92 Å². The SMILES string of the molecule is CC(C)CNC(=O)[C@H](Cc1ccccc1)N(Cc1ccc(Br)cc1)C(=O)Cc1c(Cl)cccc1Cl. The highest BCUT2D eigenvalue weighted by Gasteiger charge is 2.31. The van der Waals surface area contributed by atoms with Gasteiger partial charge in [-0.05, 0) is 46.9 Å². The third-order valence-corrected chi connectivity index (χ3v) is 6.85. The highest BCUT2D eigenvalue weighted by atomic mass is 79.9. The summed E-state index contributed by atoms with van der Waals surface area (Å²) in [7, 11) is 0. The maximum atomic E-state index is 13.8. The van der Waals surface area contributed by atoms with E-state index in [0.29, 0.717) is 28.6 Å². The Kier molecular flexibility index (Phi) is 10.2. The van der Waals surface area contributed by atoms with Gasteiger partial charge in [0.15, 0.2) is 0 Å². The van der Waals surface area contributed by atoms with Crippen LogP contribution in [0.1, 0.15) is 30.5 Å². The molecule has 0 aromatic heterocycles. The van der Waals surface area contributed by atoms with Crippen molar-refractivity contribution in [3.8, 4) is 0 Å². The molecular formula is C28H29BrCl2N2O2.